The third-order valence-corrected chi connectivity index (χ3v) is 6.07. The molecule has 3 aromatic rings. The van der Waals surface area contributed by atoms with Gasteiger partial charge in [-0.15, -0.1) is 0 Å². The Morgan fingerprint density at radius 1 is 1.10 bits per heavy atom. The van der Waals surface area contributed by atoms with E-state index in [0.29, 0.717) is 39.4 Å². The number of fused-ring (bicyclic) bond motifs is 1. The Hall–Kier alpha value is -2.97. The lowest BCUT2D eigenvalue weighted by atomic mass is 10.1. The fourth-order valence-electron chi connectivity index (χ4n) is 3.15. The summed E-state index contributed by atoms with van der Waals surface area (Å²) in [6.45, 7) is 0.487. The number of aromatic nitrogens is 2. The van der Waals surface area contributed by atoms with E-state index < -0.39 is 0 Å². The van der Waals surface area contributed by atoms with Crippen LogP contribution in [-0.4, -0.2) is 45.9 Å². The smallest absolute Gasteiger partial charge is 0.266 e. The number of thioether (sulfide) groups is 1. The Morgan fingerprint density at radius 2 is 1.87 bits per heavy atom. The number of thiocarbonyl (C=S) groups is 1. The second-order valence-electron chi connectivity index (χ2n) is 6.56. The molecule has 2 heterocycles. The van der Waals surface area contributed by atoms with E-state index in [9.17, 15) is 4.79 Å². The molecule has 1 saturated heterocycles. The van der Waals surface area contributed by atoms with Gasteiger partial charge in [0.25, 0.3) is 5.91 Å². The number of ether oxygens (including phenoxy) is 2. The highest BCUT2D eigenvalue weighted by atomic mass is 32.2. The molecule has 4 rings (SSSR count). The Bertz CT molecular complexity index is 1160. The molecule has 30 heavy (non-hydrogen) atoms. The minimum absolute atomic E-state index is 0.111. The lowest BCUT2D eigenvalue weighted by Crippen LogP contribution is -2.30. The van der Waals surface area contributed by atoms with Crippen molar-refractivity contribution < 1.29 is 14.3 Å². The van der Waals surface area contributed by atoms with Crippen LogP contribution in [0, 0.1) is 0 Å². The van der Waals surface area contributed by atoms with Crippen molar-refractivity contribution in [3.05, 3.63) is 64.8 Å². The second kappa shape index (κ2) is 8.81. The highest BCUT2D eigenvalue weighted by molar-refractivity contribution is 8.26. The fraction of sp³-hybridized carbons (Fsp3) is 0.182. The van der Waals surface area contributed by atoms with Gasteiger partial charge in [-0.05, 0) is 42.3 Å². The highest BCUT2D eigenvalue weighted by Gasteiger charge is 2.31. The molecule has 1 aliphatic heterocycles. The number of methoxy groups -OCH3 is 2. The maximum atomic E-state index is 12.9. The van der Waals surface area contributed by atoms with E-state index in [2.05, 4.69) is 9.97 Å². The fourth-order valence-corrected chi connectivity index (χ4v) is 4.44. The standard InChI is InChI=1S/C22H19N3O3S2/c1-27-18-8-7-14(11-19(18)28-2)9-10-25-21(26)20(30-22(25)29)12-15-13-23-16-5-3-4-6-17(16)24-15/h3-8,11-13H,9-10H2,1-2H3/b20-12-. The lowest BCUT2D eigenvalue weighted by Gasteiger charge is -2.15. The first-order chi connectivity index (χ1) is 14.6. The molecule has 1 amide bonds. The maximum Gasteiger partial charge on any atom is 0.266 e. The van der Waals surface area contributed by atoms with E-state index in [0.717, 1.165) is 16.6 Å². The van der Waals surface area contributed by atoms with Gasteiger partial charge in [0, 0.05) is 6.54 Å². The third-order valence-electron chi connectivity index (χ3n) is 4.69. The molecule has 0 spiro atoms. The quantitative estimate of drug-likeness (QED) is 0.425. The summed E-state index contributed by atoms with van der Waals surface area (Å²) in [7, 11) is 3.20. The van der Waals surface area contributed by atoms with E-state index in [1.165, 1.54) is 11.8 Å². The molecule has 152 valence electrons. The molecular weight excluding hydrogens is 418 g/mol. The summed E-state index contributed by atoms with van der Waals surface area (Å²) in [4.78, 5) is 24.0. The zero-order chi connectivity index (χ0) is 21.1. The van der Waals surface area contributed by atoms with Crippen LogP contribution in [0.5, 0.6) is 11.5 Å². The Balaban J connectivity index is 1.49. The van der Waals surface area contributed by atoms with E-state index >= 15 is 0 Å². The molecule has 0 aliphatic carbocycles. The van der Waals surface area contributed by atoms with Gasteiger partial charge in [0.15, 0.2) is 11.5 Å². The largest absolute Gasteiger partial charge is 0.493 e. The van der Waals surface area contributed by atoms with Crippen LogP contribution in [0.4, 0.5) is 0 Å². The number of carbonyl (C=O) groups excluding carboxylic acids is 1. The number of hydrogen-bond donors (Lipinski definition) is 0. The SMILES string of the molecule is COc1ccc(CCN2C(=O)/C(=C/c3cnc4ccccc4n3)SC2=S)cc1OC. The molecule has 0 N–H and O–H groups in total. The van der Waals surface area contributed by atoms with Crippen molar-refractivity contribution in [1.29, 1.82) is 0 Å². The van der Waals surface area contributed by atoms with Crippen molar-refractivity contribution >= 4 is 51.3 Å². The van der Waals surface area contributed by atoms with Crippen molar-refractivity contribution in [3.63, 3.8) is 0 Å². The molecule has 2 aromatic carbocycles. The van der Waals surface area contributed by atoms with E-state index in [1.807, 2.05) is 42.5 Å². The molecule has 0 bridgehead atoms. The molecule has 0 radical (unpaired) electrons. The number of benzene rings is 2. The summed E-state index contributed by atoms with van der Waals surface area (Å²) < 4.78 is 11.2. The first-order valence-electron chi connectivity index (χ1n) is 9.27. The molecular formula is C22H19N3O3S2. The Morgan fingerprint density at radius 3 is 2.63 bits per heavy atom. The van der Waals surface area contributed by atoms with Gasteiger partial charge in [-0.25, -0.2) is 4.98 Å². The van der Waals surface area contributed by atoms with Gasteiger partial charge >= 0.3 is 0 Å². The zero-order valence-electron chi connectivity index (χ0n) is 16.5. The van der Waals surface area contributed by atoms with Gasteiger partial charge in [0.2, 0.25) is 0 Å². The molecule has 0 saturated carbocycles. The normalized spacial score (nSPS) is 15.3. The van der Waals surface area contributed by atoms with Gasteiger partial charge < -0.3 is 9.47 Å². The predicted octanol–water partition coefficient (Wildman–Crippen LogP) is 4.09. The Kier molecular flexibility index (Phi) is 5.96. The van der Waals surface area contributed by atoms with Crippen LogP contribution in [0.25, 0.3) is 17.1 Å². The average Bonchev–Trinajstić information content (AvgIpc) is 3.04. The number of rotatable bonds is 6. The van der Waals surface area contributed by atoms with Gasteiger partial charge in [-0.3, -0.25) is 14.7 Å². The van der Waals surface area contributed by atoms with Crippen LogP contribution >= 0.6 is 24.0 Å². The van der Waals surface area contributed by atoms with Gasteiger partial charge in [-0.1, -0.05) is 42.2 Å². The van der Waals surface area contributed by atoms with Gasteiger partial charge in [0.05, 0.1) is 42.0 Å². The van der Waals surface area contributed by atoms with Crippen LogP contribution < -0.4 is 9.47 Å². The minimum atomic E-state index is -0.111. The number of amides is 1. The number of hydrogen-bond acceptors (Lipinski definition) is 7. The van der Waals surface area contributed by atoms with Crippen LogP contribution in [0.1, 0.15) is 11.3 Å². The molecule has 1 aliphatic rings. The monoisotopic (exact) mass is 437 g/mol. The zero-order valence-corrected chi connectivity index (χ0v) is 18.1. The first kappa shape index (κ1) is 20.3. The molecule has 6 nitrogen and oxygen atoms in total. The number of para-hydroxylation sites is 2. The van der Waals surface area contributed by atoms with E-state index in [4.69, 9.17) is 21.7 Å². The van der Waals surface area contributed by atoms with Crippen LogP contribution in [-0.2, 0) is 11.2 Å². The maximum absolute atomic E-state index is 12.9. The van der Waals surface area contributed by atoms with Crippen molar-refractivity contribution in [2.75, 3.05) is 20.8 Å². The molecule has 0 unspecified atom stereocenters. The highest BCUT2D eigenvalue weighted by Crippen LogP contribution is 2.33. The number of nitrogens with zero attached hydrogens (tertiary/aromatic N) is 3. The number of carbonyl (C=O) groups is 1. The lowest BCUT2D eigenvalue weighted by molar-refractivity contribution is -0.122. The summed E-state index contributed by atoms with van der Waals surface area (Å²) in [6, 6.07) is 13.4. The Labute approximate surface area is 183 Å². The van der Waals surface area contributed by atoms with Crippen LogP contribution in [0.2, 0.25) is 0 Å². The molecule has 1 aromatic heterocycles. The van der Waals surface area contributed by atoms with E-state index in [-0.39, 0.29) is 5.91 Å². The first-order valence-corrected chi connectivity index (χ1v) is 10.5. The van der Waals surface area contributed by atoms with Crippen molar-refractivity contribution in [1.82, 2.24) is 14.9 Å². The molecule has 8 heteroatoms. The predicted molar refractivity (Wildman–Crippen MR) is 123 cm³/mol. The van der Waals surface area contributed by atoms with E-state index in [1.54, 1.807) is 31.4 Å². The van der Waals surface area contributed by atoms with Gasteiger partial charge in [0.1, 0.15) is 4.32 Å². The van der Waals surface area contributed by atoms with Crippen molar-refractivity contribution in [2.24, 2.45) is 0 Å². The summed E-state index contributed by atoms with van der Waals surface area (Å²) >= 11 is 6.73. The van der Waals surface area contributed by atoms with Crippen molar-refractivity contribution in [3.8, 4) is 11.5 Å². The second-order valence-corrected chi connectivity index (χ2v) is 8.23. The summed E-state index contributed by atoms with van der Waals surface area (Å²) in [5.41, 5.74) is 3.27. The van der Waals surface area contributed by atoms with Gasteiger partial charge in [-0.2, -0.15) is 0 Å². The average molecular weight is 438 g/mol. The molecule has 0 atom stereocenters. The minimum Gasteiger partial charge on any atom is -0.493 e. The summed E-state index contributed by atoms with van der Waals surface area (Å²) in [5, 5.41) is 0. The third kappa shape index (κ3) is 4.15. The van der Waals surface area contributed by atoms with Crippen molar-refractivity contribution in [2.45, 2.75) is 6.42 Å². The summed E-state index contributed by atoms with van der Waals surface area (Å²) in [5.74, 6) is 1.22. The topological polar surface area (TPSA) is 64.5 Å². The molecule has 1 fully saturated rings. The van der Waals surface area contributed by atoms with Crippen LogP contribution in [0.15, 0.2) is 53.6 Å². The summed E-state index contributed by atoms with van der Waals surface area (Å²) in [6.07, 6.45) is 4.06. The van der Waals surface area contributed by atoms with Crippen LogP contribution in [0.3, 0.4) is 0 Å².